The summed E-state index contributed by atoms with van der Waals surface area (Å²) < 4.78 is 17.0. The van der Waals surface area contributed by atoms with Gasteiger partial charge in [-0.3, -0.25) is 9.69 Å². The highest BCUT2D eigenvalue weighted by molar-refractivity contribution is 5.89. The number of esters is 1. The van der Waals surface area contributed by atoms with Crippen LogP contribution < -0.4 is 0 Å². The molecule has 2 rings (SSSR count). The Morgan fingerprint density at radius 2 is 1.86 bits per heavy atom. The first-order chi connectivity index (χ1) is 13.2. The molecule has 0 aromatic rings. The van der Waals surface area contributed by atoms with Gasteiger partial charge in [-0.2, -0.15) is 0 Å². The molecule has 0 aromatic carbocycles. The van der Waals surface area contributed by atoms with Gasteiger partial charge in [-0.15, -0.1) is 0 Å². The standard InChI is InChI=1S/C21H36N2O6/c1-12(2)10-14-17(13-11-15(24)22(8)16(13)18(25)27-9)28-21(6,7)23(14)19(26)29-20(3,4)5/h12-14,16-17H,10-11H2,1-9H3/t13-,14-,16-,17-/m0/s1. The van der Waals surface area contributed by atoms with Crippen molar-refractivity contribution >= 4 is 18.0 Å². The first-order valence-corrected chi connectivity index (χ1v) is 10.2. The van der Waals surface area contributed by atoms with Crippen molar-refractivity contribution in [3.63, 3.8) is 0 Å². The average molecular weight is 413 g/mol. The zero-order chi connectivity index (χ0) is 22.3. The molecule has 0 aromatic heterocycles. The maximum atomic E-state index is 13.1. The number of carbonyl (C=O) groups is 3. The second-order valence-electron chi connectivity index (χ2n) is 9.92. The molecule has 2 fully saturated rings. The minimum atomic E-state index is -0.933. The molecule has 0 radical (unpaired) electrons. The Labute approximate surface area is 173 Å². The van der Waals surface area contributed by atoms with Crippen LogP contribution in [0.1, 0.15) is 61.3 Å². The maximum absolute atomic E-state index is 13.1. The molecular formula is C21H36N2O6. The van der Waals surface area contributed by atoms with Crippen LogP contribution in [0.15, 0.2) is 0 Å². The summed E-state index contributed by atoms with van der Waals surface area (Å²) in [6, 6.07) is -1.06. The van der Waals surface area contributed by atoms with Gasteiger partial charge >= 0.3 is 12.1 Å². The molecule has 2 amide bonds. The lowest BCUT2D eigenvalue weighted by Gasteiger charge is -2.36. The number of rotatable bonds is 4. The fourth-order valence-electron chi connectivity index (χ4n) is 4.43. The van der Waals surface area contributed by atoms with E-state index >= 15 is 0 Å². The van der Waals surface area contributed by atoms with E-state index in [0.717, 1.165) is 0 Å². The van der Waals surface area contributed by atoms with Crippen molar-refractivity contribution in [2.75, 3.05) is 14.2 Å². The van der Waals surface area contributed by atoms with Crippen molar-refractivity contribution in [1.29, 1.82) is 0 Å². The van der Waals surface area contributed by atoms with E-state index in [4.69, 9.17) is 14.2 Å². The highest BCUT2D eigenvalue weighted by Crippen LogP contribution is 2.43. The van der Waals surface area contributed by atoms with Crippen LogP contribution in [0, 0.1) is 11.8 Å². The van der Waals surface area contributed by atoms with Gasteiger partial charge in [0.15, 0.2) is 0 Å². The minimum absolute atomic E-state index is 0.133. The topological polar surface area (TPSA) is 85.4 Å². The van der Waals surface area contributed by atoms with Gasteiger partial charge in [-0.25, -0.2) is 9.59 Å². The molecule has 0 bridgehead atoms. The largest absolute Gasteiger partial charge is 0.467 e. The molecule has 29 heavy (non-hydrogen) atoms. The highest BCUT2D eigenvalue weighted by Gasteiger charge is 2.58. The van der Waals surface area contributed by atoms with Crippen LogP contribution in [0.5, 0.6) is 0 Å². The molecule has 0 N–H and O–H groups in total. The van der Waals surface area contributed by atoms with Crippen LogP contribution in [0.2, 0.25) is 0 Å². The van der Waals surface area contributed by atoms with Gasteiger partial charge < -0.3 is 19.1 Å². The van der Waals surface area contributed by atoms with E-state index in [1.165, 1.54) is 12.0 Å². The molecule has 0 aliphatic carbocycles. The zero-order valence-corrected chi connectivity index (χ0v) is 19.1. The fraction of sp³-hybridized carbons (Fsp3) is 0.857. The number of likely N-dealkylation sites (tertiary alicyclic amines) is 1. The van der Waals surface area contributed by atoms with E-state index in [1.807, 2.05) is 34.6 Å². The van der Waals surface area contributed by atoms with Crippen LogP contribution in [-0.2, 0) is 23.8 Å². The third-order valence-electron chi connectivity index (χ3n) is 5.51. The van der Waals surface area contributed by atoms with Crippen LogP contribution in [0.4, 0.5) is 4.79 Å². The summed E-state index contributed by atoms with van der Waals surface area (Å²) in [6.07, 6.45) is -0.107. The Bertz CT molecular complexity index is 654. The predicted molar refractivity (Wildman–Crippen MR) is 107 cm³/mol. The second-order valence-corrected chi connectivity index (χ2v) is 9.92. The molecule has 166 valence electrons. The molecule has 2 heterocycles. The van der Waals surface area contributed by atoms with E-state index in [2.05, 4.69) is 13.8 Å². The zero-order valence-electron chi connectivity index (χ0n) is 19.1. The monoisotopic (exact) mass is 412 g/mol. The number of methoxy groups -OCH3 is 1. The van der Waals surface area contributed by atoms with Gasteiger partial charge in [0.2, 0.25) is 5.91 Å². The molecule has 4 atom stereocenters. The Kier molecular flexibility index (Phi) is 6.57. The first kappa shape index (κ1) is 23.4. The molecule has 8 heteroatoms. The van der Waals surface area contributed by atoms with Gasteiger partial charge in [-0.1, -0.05) is 13.8 Å². The molecule has 8 nitrogen and oxygen atoms in total. The summed E-state index contributed by atoms with van der Waals surface area (Å²) in [5, 5.41) is 0. The Morgan fingerprint density at radius 3 is 2.34 bits per heavy atom. The van der Waals surface area contributed by atoms with Crippen molar-refractivity contribution in [1.82, 2.24) is 9.80 Å². The maximum Gasteiger partial charge on any atom is 0.412 e. The number of ether oxygens (including phenoxy) is 3. The van der Waals surface area contributed by atoms with E-state index in [9.17, 15) is 14.4 Å². The van der Waals surface area contributed by atoms with Crippen molar-refractivity contribution < 1.29 is 28.6 Å². The number of hydrogen-bond donors (Lipinski definition) is 0. The van der Waals surface area contributed by atoms with Crippen molar-refractivity contribution in [2.24, 2.45) is 11.8 Å². The SMILES string of the molecule is COC(=O)[C@@H]1[C@@H]([C@@H]2OC(C)(C)N(C(=O)OC(C)(C)C)[C@H]2CC(C)C)CC(=O)N1C. The average Bonchev–Trinajstić information content (AvgIpc) is 2.98. The number of carbonyl (C=O) groups excluding carboxylic acids is 3. The smallest absolute Gasteiger partial charge is 0.412 e. The van der Waals surface area contributed by atoms with Crippen LogP contribution in [0.3, 0.4) is 0 Å². The Hall–Kier alpha value is -1.83. The lowest BCUT2D eigenvalue weighted by Crippen LogP contribution is -2.52. The minimum Gasteiger partial charge on any atom is -0.467 e. The van der Waals surface area contributed by atoms with Crippen LogP contribution >= 0.6 is 0 Å². The molecule has 0 spiro atoms. The first-order valence-electron chi connectivity index (χ1n) is 10.2. The summed E-state index contributed by atoms with van der Waals surface area (Å²) in [5.74, 6) is -0.735. The van der Waals surface area contributed by atoms with Crippen molar-refractivity contribution in [2.45, 2.75) is 90.8 Å². The lowest BCUT2D eigenvalue weighted by molar-refractivity contribution is -0.151. The highest BCUT2D eigenvalue weighted by atomic mass is 16.6. The second kappa shape index (κ2) is 8.13. The van der Waals surface area contributed by atoms with Gasteiger partial charge in [0, 0.05) is 19.4 Å². The molecular weight excluding hydrogens is 376 g/mol. The molecule has 2 saturated heterocycles. The van der Waals surface area contributed by atoms with Gasteiger partial charge in [0.05, 0.1) is 19.3 Å². The van der Waals surface area contributed by atoms with E-state index in [-0.39, 0.29) is 24.3 Å². The molecule has 2 aliphatic heterocycles. The van der Waals surface area contributed by atoms with E-state index < -0.39 is 41.5 Å². The van der Waals surface area contributed by atoms with Crippen LogP contribution in [-0.4, -0.2) is 71.4 Å². The number of amides is 2. The molecule has 2 aliphatic rings. The summed E-state index contributed by atoms with van der Waals surface area (Å²) in [4.78, 5) is 41.0. The quantitative estimate of drug-likeness (QED) is 0.660. The fourth-order valence-corrected chi connectivity index (χ4v) is 4.43. The number of hydrogen-bond acceptors (Lipinski definition) is 6. The predicted octanol–water partition coefficient (Wildman–Crippen LogP) is 2.79. The molecule has 0 unspecified atom stereocenters. The van der Waals surface area contributed by atoms with Gasteiger partial charge in [-0.05, 0) is 47.0 Å². The summed E-state index contributed by atoms with van der Waals surface area (Å²) in [6.45, 7) is 13.2. The van der Waals surface area contributed by atoms with Crippen LogP contribution in [0.25, 0.3) is 0 Å². The third kappa shape index (κ3) is 4.85. The van der Waals surface area contributed by atoms with E-state index in [1.54, 1.807) is 11.9 Å². The van der Waals surface area contributed by atoms with Crippen molar-refractivity contribution in [3.05, 3.63) is 0 Å². The summed E-state index contributed by atoms with van der Waals surface area (Å²) >= 11 is 0. The Balaban J connectivity index is 2.44. The normalized spacial score (nSPS) is 29.5. The third-order valence-corrected chi connectivity index (χ3v) is 5.51. The molecule has 0 saturated carbocycles. The van der Waals surface area contributed by atoms with Gasteiger partial charge in [0.1, 0.15) is 17.4 Å². The Morgan fingerprint density at radius 1 is 1.28 bits per heavy atom. The lowest BCUT2D eigenvalue weighted by atomic mass is 9.86. The number of likely N-dealkylation sites (N-methyl/N-ethyl adjacent to an activating group) is 1. The summed E-state index contributed by atoms with van der Waals surface area (Å²) in [5.41, 5.74) is -1.58. The van der Waals surface area contributed by atoms with Crippen molar-refractivity contribution in [3.8, 4) is 0 Å². The van der Waals surface area contributed by atoms with Gasteiger partial charge in [0.25, 0.3) is 0 Å². The summed E-state index contributed by atoms with van der Waals surface area (Å²) in [7, 11) is 2.92. The van der Waals surface area contributed by atoms with E-state index in [0.29, 0.717) is 6.42 Å². The number of nitrogens with zero attached hydrogens (tertiary/aromatic N) is 2.